The van der Waals surface area contributed by atoms with Crippen molar-refractivity contribution in [1.29, 1.82) is 0 Å². The Bertz CT molecular complexity index is 203. The summed E-state index contributed by atoms with van der Waals surface area (Å²) in [6.07, 6.45) is 6.36. The van der Waals surface area contributed by atoms with Crippen LogP contribution in [0.2, 0.25) is 0 Å². The van der Waals surface area contributed by atoms with Gasteiger partial charge in [-0.2, -0.15) is 0 Å². The van der Waals surface area contributed by atoms with Gasteiger partial charge in [-0.25, -0.2) is 0 Å². The molecule has 1 amide bonds. The molecule has 4 heteroatoms. The predicted molar refractivity (Wildman–Crippen MR) is 69.8 cm³/mol. The molecule has 0 radical (unpaired) electrons. The second-order valence-electron chi connectivity index (χ2n) is 4.63. The number of hydrogen-bond acceptors (Lipinski definition) is 2. The van der Waals surface area contributed by atoms with E-state index in [2.05, 4.69) is 11.8 Å². The molecule has 0 heterocycles. The first-order valence-electron chi connectivity index (χ1n) is 6.20. The zero-order chi connectivity index (χ0) is 11.3. The number of rotatable bonds is 5. The van der Waals surface area contributed by atoms with E-state index in [0.29, 0.717) is 18.4 Å². The van der Waals surface area contributed by atoms with Crippen molar-refractivity contribution in [2.75, 3.05) is 6.54 Å². The Morgan fingerprint density at radius 2 is 2.00 bits per heavy atom. The number of nitrogens with zero attached hydrogens (tertiary/aromatic N) is 1. The summed E-state index contributed by atoms with van der Waals surface area (Å²) in [6.45, 7) is 4.88. The maximum absolute atomic E-state index is 11.9. The van der Waals surface area contributed by atoms with Crippen LogP contribution < -0.4 is 5.73 Å². The van der Waals surface area contributed by atoms with Crippen molar-refractivity contribution in [2.24, 2.45) is 5.73 Å². The summed E-state index contributed by atoms with van der Waals surface area (Å²) >= 11 is 0. The minimum absolute atomic E-state index is 0. The molecule has 1 rings (SSSR count). The molecular formula is C12H25ClN2O. The van der Waals surface area contributed by atoms with Crippen LogP contribution in [0.3, 0.4) is 0 Å². The third kappa shape index (κ3) is 4.71. The molecule has 1 atom stereocenters. The largest absolute Gasteiger partial charge is 0.340 e. The third-order valence-electron chi connectivity index (χ3n) is 3.24. The van der Waals surface area contributed by atoms with Crippen molar-refractivity contribution in [3.05, 3.63) is 0 Å². The molecule has 0 aromatic heterocycles. The Kier molecular flexibility index (Phi) is 7.77. The summed E-state index contributed by atoms with van der Waals surface area (Å²) in [5.41, 5.74) is 5.67. The molecule has 1 fully saturated rings. The summed E-state index contributed by atoms with van der Waals surface area (Å²) in [6, 6.07) is 0.645. The molecule has 2 N–H and O–H groups in total. The molecule has 1 aliphatic carbocycles. The van der Waals surface area contributed by atoms with Crippen LogP contribution in [0, 0.1) is 0 Å². The molecule has 0 spiro atoms. The highest BCUT2D eigenvalue weighted by Crippen LogP contribution is 2.24. The average molecular weight is 249 g/mol. The molecule has 16 heavy (non-hydrogen) atoms. The molecule has 1 aliphatic rings. The van der Waals surface area contributed by atoms with Gasteiger partial charge in [-0.1, -0.05) is 12.8 Å². The smallest absolute Gasteiger partial charge is 0.222 e. The van der Waals surface area contributed by atoms with Crippen molar-refractivity contribution in [1.82, 2.24) is 4.90 Å². The Morgan fingerprint density at radius 3 is 2.44 bits per heavy atom. The van der Waals surface area contributed by atoms with Gasteiger partial charge in [0.1, 0.15) is 0 Å². The second kappa shape index (κ2) is 7.91. The first-order chi connectivity index (χ1) is 7.15. The topological polar surface area (TPSA) is 46.3 Å². The van der Waals surface area contributed by atoms with Gasteiger partial charge in [-0.15, -0.1) is 12.4 Å². The highest BCUT2D eigenvalue weighted by molar-refractivity contribution is 5.85. The van der Waals surface area contributed by atoms with Crippen LogP contribution in [0.1, 0.15) is 52.4 Å². The fraction of sp³-hybridized carbons (Fsp3) is 0.917. The number of nitrogens with two attached hydrogens (primary N) is 1. The van der Waals surface area contributed by atoms with Crippen LogP contribution in [0.4, 0.5) is 0 Å². The van der Waals surface area contributed by atoms with Crippen LogP contribution in [0.25, 0.3) is 0 Å². The van der Waals surface area contributed by atoms with Crippen LogP contribution in [-0.2, 0) is 4.79 Å². The number of amides is 1. The molecule has 0 aromatic rings. The van der Waals surface area contributed by atoms with Crippen LogP contribution >= 0.6 is 12.4 Å². The Labute approximate surface area is 105 Å². The minimum atomic E-state index is 0. The van der Waals surface area contributed by atoms with Gasteiger partial charge in [-0.05, 0) is 33.1 Å². The van der Waals surface area contributed by atoms with Gasteiger partial charge in [0.05, 0.1) is 0 Å². The van der Waals surface area contributed by atoms with Gasteiger partial charge in [0.2, 0.25) is 5.91 Å². The predicted octanol–water partition coefficient (Wildman–Crippen LogP) is 2.33. The standard InChI is InChI=1S/C12H24N2O.ClH/c1-3-14(11-6-4-5-7-11)12(15)9-8-10(2)13;/h10-11H,3-9,13H2,1-2H3;1H. The first-order valence-corrected chi connectivity index (χ1v) is 6.20. The Hall–Kier alpha value is -0.280. The first kappa shape index (κ1) is 15.7. The van der Waals surface area contributed by atoms with Gasteiger partial charge < -0.3 is 10.6 Å². The van der Waals surface area contributed by atoms with Crippen LogP contribution in [0.15, 0.2) is 0 Å². The van der Waals surface area contributed by atoms with Crippen molar-refractivity contribution in [3.8, 4) is 0 Å². The van der Waals surface area contributed by atoms with E-state index in [0.717, 1.165) is 13.0 Å². The fourth-order valence-electron chi connectivity index (χ4n) is 2.35. The van der Waals surface area contributed by atoms with Gasteiger partial charge in [-0.3, -0.25) is 4.79 Å². The maximum atomic E-state index is 11.9. The lowest BCUT2D eigenvalue weighted by molar-refractivity contribution is -0.133. The lowest BCUT2D eigenvalue weighted by Gasteiger charge is -2.28. The van der Waals surface area contributed by atoms with Crippen molar-refractivity contribution >= 4 is 18.3 Å². The number of carbonyl (C=O) groups excluding carboxylic acids is 1. The quantitative estimate of drug-likeness (QED) is 0.812. The summed E-state index contributed by atoms with van der Waals surface area (Å²) in [5.74, 6) is 0.293. The van der Waals surface area contributed by atoms with Crippen LogP contribution in [0.5, 0.6) is 0 Å². The maximum Gasteiger partial charge on any atom is 0.222 e. The minimum Gasteiger partial charge on any atom is -0.340 e. The van der Waals surface area contributed by atoms with E-state index in [-0.39, 0.29) is 18.4 Å². The summed E-state index contributed by atoms with van der Waals surface area (Å²) in [4.78, 5) is 14.0. The molecule has 96 valence electrons. The van der Waals surface area contributed by atoms with E-state index in [9.17, 15) is 4.79 Å². The van der Waals surface area contributed by atoms with Crippen molar-refractivity contribution in [2.45, 2.75) is 64.5 Å². The molecule has 0 aliphatic heterocycles. The molecule has 1 saturated carbocycles. The normalized spacial score (nSPS) is 17.9. The number of carbonyl (C=O) groups is 1. The second-order valence-corrected chi connectivity index (χ2v) is 4.63. The highest BCUT2D eigenvalue weighted by Gasteiger charge is 2.24. The molecule has 1 unspecified atom stereocenters. The number of hydrogen-bond donors (Lipinski definition) is 1. The van der Waals surface area contributed by atoms with Crippen molar-refractivity contribution < 1.29 is 4.79 Å². The van der Waals surface area contributed by atoms with E-state index < -0.39 is 0 Å². The molecular weight excluding hydrogens is 224 g/mol. The Balaban J connectivity index is 0.00000225. The lowest BCUT2D eigenvalue weighted by atomic mass is 10.1. The van der Waals surface area contributed by atoms with E-state index >= 15 is 0 Å². The average Bonchev–Trinajstić information content (AvgIpc) is 2.69. The summed E-state index contributed by atoms with van der Waals surface area (Å²) in [7, 11) is 0. The van der Waals surface area contributed by atoms with Gasteiger partial charge >= 0.3 is 0 Å². The summed E-state index contributed by atoms with van der Waals surface area (Å²) < 4.78 is 0. The van der Waals surface area contributed by atoms with E-state index in [1.807, 2.05) is 6.92 Å². The number of halogens is 1. The fourth-order valence-corrected chi connectivity index (χ4v) is 2.35. The SMILES string of the molecule is CCN(C(=O)CCC(C)N)C1CCCC1.Cl. The van der Waals surface area contributed by atoms with Crippen LogP contribution in [-0.4, -0.2) is 29.4 Å². The van der Waals surface area contributed by atoms with Crippen molar-refractivity contribution in [3.63, 3.8) is 0 Å². The molecule has 3 nitrogen and oxygen atoms in total. The van der Waals surface area contributed by atoms with Gasteiger partial charge in [0, 0.05) is 25.0 Å². The highest BCUT2D eigenvalue weighted by atomic mass is 35.5. The van der Waals surface area contributed by atoms with E-state index in [4.69, 9.17) is 5.73 Å². The van der Waals surface area contributed by atoms with E-state index in [1.54, 1.807) is 0 Å². The zero-order valence-electron chi connectivity index (χ0n) is 10.4. The molecule has 0 bridgehead atoms. The zero-order valence-corrected chi connectivity index (χ0v) is 11.3. The Morgan fingerprint density at radius 1 is 1.44 bits per heavy atom. The monoisotopic (exact) mass is 248 g/mol. The lowest BCUT2D eigenvalue weighted by Crippen LogP contribution is -2.39. The van der Waals surface area contributed by atoms with E-state index in [1.165, 1.54) is 25.7 Å². The third-order valence-corrected chi connectivity index (χ3v) is 3.24. The van der Waals surface area contributed by atoms with Gasteiger partial charge in [0.15, 0.2) is 0 Å². The van der Waals surface area contributed by atoms with Gasteiger partial charge in [0.25, 0.3) is 0 Å². The molecule has 0 saturated heterocycles. The molecule has 0 aromatic carbocycles. The summed E-state index contributed by atoms with van der Waals surface area (Å²) in [5, 5.41) is 0.